The predicted molar refractivity (Wildman–Crippen MR) is 206 cm³/mol. The van der Waals surface area contributed by atoms with Gasteiger partial charge < -0.3 is 19.3 Å². The van der Waals surface area contributed by atoms with E-state index in [0.29, 0.717) is 44.9 Å². The van der Waals surface area contributed by atoms with E-state index in [-0.39, 0.29) is 17.8 Å². The van der Waals surface area contributed by atoms with Crippen molar-refractivity contribution in [3.05, 3.63) is 24.3 Å². The summed E-state index contributed by atoms with van der Waals surface area (Å²) in [6.07, 6.45) is 31.7. The van der Waals surface area contributed by atoms with Gasteiger partial charge in [-0.2, -0.15) is 11.8 Å². The Morgan fingerprint density at radius 2 is 0.979 bits per heavy atom. The molecule has 0 bridgehead atoms. The zero-order valence-electron chi connectivity index (χ0n) is 31.7. The lowest BCUT2D eigenvalue weighted by molar-refractivity contribution is -0.143. The summed E-state index contributed by atoms with van der Waals surface area (Å²) in [6, 6.07) is 0. The Kier molecular flexibility index (Phi) is 35.1. The summed E-state index contributed by atoms with van der Waals surface area (Å²) in [5, 5.41) is 0. The lowest BCUT2D eigenvalue weighted by Gasteiger charge is -2.23. The molecular formula is C40H74N2O5S. The van der Waals surface area contributed by atoms with Gasteiger partial charge >= 0.3 is 11.9 Å². The molecule has 0 saturated heterocycles. The van der Waals surface area contributed by atoms with Gasteiger partial charge in [0.1, 0.15) is 13.2 Å². The third kappa shape index (κ3) is 34.1. The van der Waals surface area contributed by atoms with Crippen LogP contribution in [0.5, 0.6) is 0 Å². The van der Waals surface area contributed by atoms with E-state index >= 15 is 0 Å². The minimum absolute atomic E-state index is 0.146. The molecular weight excluding hydrogens is 621 g/mol. The van der Waals surface area contributed by atoms with Crippen molar-refractivity contribution in [2.75, 3.05) is 58.4 Å². The molecule has 0 rings (SSSR count). The molecule has 280 valence electrons. The van der Waals surface area contributed by atoms with Gasteiger partial charge in [-0.1, -0.05) is 115 Å². The van der Waals surface area contributed by atoms with Crippen LogP contribution in [0.1, 0.15) is 155 Å². The van der Waals surface area contributed by atoms with Crippen molar-refractivity contribution in [1.29, 1.82) is 0 Å². The van der Waals surface area contributed by atoms with Crippen LogP contribution in [0, 0.1) is 0 Å². The highest BCUT2D eigenvalue weighted by atomic mass is 32.2. The van der Waals surface area contributed by atoms with Gasteiger partial charge in [-0.15, -0.1) is 0 Å². The van der Waals surface area contributed by atoms with Crippen molar-refractivity contribution in [3.63, 3.8) is 0 Å². The van der Waals surface area contributed by atoms with E-state index in [9.17, 15) is 14.4 Å². The molecule has 0 saturated carbocycles. The van der Waals surface area contributed by atoms with Gasteiger partial charge in [-0.25, -0.2) is 0 Å². The molecule has 48 heavy (non-hydrogen) atoms. The number of carbonyl (C=O) groups excluding carboxylic acids is 3. The summed E-state index contributed by atoms with van der Waals surface area (Å²) in [5.41, 5.74) is 0. The highest BCUT2D eigenvalue weighted by molar-refractivity contribution is 7.99. The van der Waals surface area contributed by atoms with Crippen LogP contribution < -0.4 is 0 Å². The number of allylic oxidation sites excluding steroid dienone is 2. The van der Waals surface area contributed by atoms with Gasteiger partial charge in [0.05, 0.1) is 5.75 Å². The van der Waals surface area contributed by atoms with Crippen molar-refractivity contribution in [3.8, 4) is 0 Å². The maximum Gasteiger partial charge on any atom is 0.306 e. The fourth-order valence-electron chi connectivity index (χ4n) is 5.24. The molecule has 0 aliphatic carbocycles. The maximum atomic E-state index is 13.0. The van der Waals surface area contributed by atoms with Crippen LogP contribution in [0.2, 0.25) is 0 Å². The van der Waals surface area contributed by atoms with E-state index in [1.165, 1.54) is 77.0 Å². The van der Waals surface area contributed by atoms with E-state index < -0.39 is 0 Å². The molecule has 0 N–H and O–H groups in total. The smallest absolute Gasteiger partial charge is 0.306 e. The van der Waals surface area contributed by atoms with Gasteiger partial charge in [0.25, 0.3) is 0 Å². The second-order valence-electron chi connectivity index (χ2n) is 13.3. The number of nitrogens with zero attached hydrogens (tertiary/aromatic N) is 2. The Morgan fingerprint density at radius 1 is 0.542 bits per heavy atom. The first-order chi connectivity index (χ1) is 23.4. The van der Waals surface area contributed by atoms with E-state index in [1.54, 1.807) is 11.8 Å². The Balaban J connectivity index is 4.19. The molecule has 0 aromatic carbocycles. The molecule has 0 aromatic heterocycles. The Labute approximate surface area is 300 Å². The summed E-state index contributed by atoms with van der Waals surface area (Å²) < 4.78 is 10.7. The Bertz CT molecular complexity index is 765. The molecule has 0 aliphatic heterocycles. The highest BCUT2D eigenvalue weighted by Crippen LogP contribution is 2.11. The van der Waals surface area contributed by atoms with Gasteiger partial charge in [0.15, 0.2) is 0 Å². The van der Waals surface area contributed by atoms with Crippen molar-refractivity contribution in [2.45, 2.75) is 155 Å². The van der Waals surface area contributed by atoms with E-state index in [0.717, 1.165) is 63.7 Å². The predicted octanol–water partition coefficient (Wildman–Crippen LogP) is 9.93. The van der Waals surface area contributed by atoms with E-state index in [4.69, 9.17) is 9.47 Å². The fourth-order valence-corrected chi connectivity index (χ4v) is 6.24. The van der Waals surface area contributed by atoms with Crippen LogP contribution in [-0.4, -0.2) is 86.1 Å². The average Bonchev–Trinajstić information content (AvgIpc) is 3.06. The third-order valence-corrected chi connectivity index (χ3v) is 9.26. The van der Waals surface area contributed by atoms with E-state index in [1.807, 2.05) is 31.1 Å². The largest absolute Gasteiger partial charge is 0.461 e. The molecule has 0 fully saturated rings. The number of rotatable bonds is 35. The average molecular weight is 695 g/mol. The summed E-state index contributed by atoms with van der Waals surface area (Å²) in [7, 11) is 4.09. The molecule has 0 radical (unpaired) electrons. The van der Waals surface area contributed by atoms with Crippen LogP contribution in [0.15, 0.2) is 24.3 Å². The number of ether oxygens (including phenoxy) is 2. The second-order valence-corrected chi connectivity index (χ2v) is 14.4. The van der Waals surface area contributed by atoms with Crippen molar-refractivity contribution in [2.24, 2.45) is 0 Å². The van der Waals surface area contributed by atoms with Crippen LogP contribution >= 0.6 is 11.8 Å². The Hall–Kier alpha value is -1.80. The summed E-state index contributed by atoms with van der Waals surface area (Å²) in [4.78, 5) is 41.3. The molecule has 7 nitrogen and oxygen atoms in total. The molecule has 0 aliphatic rings. The fraction of sp³-hybridized carbons (Fsp3) is 0.825. The third-order valence-electron chi connectivity index (χ3n) is 8.34. The molecule has 0 spiro atoms. The number of carbonyl (C=O) groups is 3. The van der Waals surface area contributed by atoms with Gasteiger partial charge in [-0.05, 0) is 65.5 Å². The zero-order valence-corrected chi connectivity index (χ0v) is 32.5. The van der Waals surface area contributed by atoms with Crippen LogP contribution in [-0.2, 0) is 23.9 Å². The molecule has 8 heteroatoms. The number of unbranched alkanes of at least 4 members (excludes halogenated alkanes) is 16. The quantitative estimate of drug-likeness (QED) is 0.0371. The molecule has 1 amide bonds. The van der Waals surface area contributed by atoms with Crippen LogP contribution in [0.3, 0.4) is 0 Å². The summed E-state index contributed by atoms with van der Waals surface area (Å²) >= 11 is 1.68. The van der Waals surface area contributed by atoms with Gasteiger partial charge in [0, 0.05) is 38.2 Å². The number of thioether (sulfide) groups is 1. The van der Waals surface area contributed by atoms with Crippen LogP contribution in [0.4, 0.5) is 0 Å². The van der Waals surface area contributed by atoms with E-state index in [2.05, 4.69) is 30.9 Å². The number of amides is 1. The molecule has 0 aromatic rings. The van der Waals surface area contributed by atoms with Crippen molar-refractivity contribution in [1.82, 2.24) is 9.80 Å². The number of hydrogen-bond acceptors (Lipinski definition) is 7. The maximum absolute atomic E-state index is 13.0. The second kappa shape index (κ2) is 36.5. The lowest BCUT2D eigenvalue weighted by atomic mass is 10.1. The van der Waals surface area contributed by atoms with Gasteiger partial charge in [0.2, 0.25) is 5.91 Å². The number of esters is 2. The molecule has 0 heterocycles. The first kappa shape index (κ1) is 46.2. The number of hydrogen-bond donors (Lipinski definition) is 0. The van der Waals surface area contributed by atoms with Gasteiger partial charge in [-0.3, -0.25) is 14.4 Å². The molecule has 0 unspecified atom stereocenters. The first-order valence-electron chi connectivity index (χ1n) is 19.5. The molecule has 0 atom stereocenters. The van der Waals surface area contributed by atoms with Crippen molar-refractivity contribution < 1.29 is 23.9 Å². The highest BCUT2D eigenvalue weighted by Gasteiger charge is 2.14. The minimum atomic E-state index is -0.146. The lowest BCUT2D eigenvalue weighted by Crippen LogP contribution is -2.34. The topological polar surface area (TPSA) is 76.1 Å². The summed E-state index contributed by atoms with van der Waals surface area (Å²) in [6.45, 7) is 7.55. The van der Waals surface area contributed by atoms with Crippen molar-refractivity contribution >= 4 is 29.6 Å². The summed E-state index contributed by atoms with van der Waals surface area (Å²) in [5.74, 6) is 1.31. The SMILES string of the molecule is CCCCCCCCC=CCOC(=O)CCCCCN(CCCCCC(=O)OCC=CCCCCCCCC)C(=O)CSCCN(C)C. The normalized spacial score (nSPS) is 11.6. The standard InChI is InChI=1S/C40H74N2O5S/c1-5-7-9-11-13-15-17-19-27-34-46-39(44)29-23-21-25-31-42(38(43)37-48-36-33-41(3)4)32-26-22-24-30-40(45)47-35-28-20-18-16-14-12-10-8-6-2/h19-20,27-28H,5-18,21-26,29-37H2,1-4H3. The van der Waals surface area contributed by atoms with Crippen LogP contribution in [0.25, 0.3) is 0 Å². The monoisotopic (exact) mass is 695 g/mol. The zero-order chi connectivity index (χ0) is 35.3. The minimum Gasteiger partial charge on any atom is -0.461 e. The Morgan fingerprint density at radius 3 is 1.44 bits per heavy atom. The first-order valence-corrected chi connectivity index (χ1v) is 20.7.